The summed E-state index contributed by atoms with van der Waals surface area (Å²) in [4.78, 5) is 26.9. The first-order valence-corrected chi connectivity index (χ1v) is 9.06. The van der Waals surface area contributed by atoms with Crippen molar-refractivity contribution in [2.75, 3.05) is 33.0 Å². The Morgan fingerprint density at radius 3 is 2.69 bits per heavy atom. The van der Waals surface area contributed by atoms with Gasteiger partial charge < -0.3 is 24.2 Å². The number of fused-ring (bicyclic) bond motifs is 1. The van der Waals surface area contributed by atoms with Crippen molar-refractivity contribution in [2.45, 2.75) is 6.04 Å². The van der Waals surface area contributed by atoms with Gasteiger partial charge in [-0.05, 0) is 35.9 Å². The predicted octanol–water partition coefficient (Wildman–Crippen LogP) is 2.11. The van der Waals surface area contributed by atoms with Crippen molar-refractivity contribution in [2.24, 2.45) is 0 Å². The monoisotopic (exact) mass is 375 g/mol. The number of carboxylic acid groups (broad SMARTS) is 1. The van der Waals surface area contributed by atoms with Crippen molar-refractivity contribution in [1.29, 1.82) is 0 Å². The lowest BCUT2D eigenvalue weighted by molar-refractivity contribution is -0.147. The minimum absolute atomic E-state index is 0.0153. The fourth-order valence-corrected chi connectivity index (χ4v) is 3.96. The van der Waals surface area contributed by atoms with E-state index in [-0.39, 0.29) is 19.1 Å². The second-order valence-corrected chi connectivity index (χ2v) is 7.03. The van der Waals surface area contributed by atoms with E-state index in [4.69, 9.17) is 14.2 Å². The summed E-state index contributed by atoms with van der Waals surface area (Å²) < 4.78 is 16.3. The highest BCUT2D eigenvalue weighted by Crippen LogP contribution is 2.37. The van der Waals surface area contributed by atoms with Crippen LogP contribution < -0.4 is 9.47 Å². The first-order chi connectivity index (χ1) is 12.6. The average molecular weight is 375 g/mol. The van der Waals surface area contributed by atoms with E-state index in [1.54, 1.807) is 6.07 Å². The number of thiophene rings is 1. The van der Waals surface area contributed by atoms with Crippen molar-refractivity contribution in [3.8, 4) is 21.9 Å². The van der Waals surface area contributed by atoms with Crippen molar-refractivity contribution < 1.29 is 28.9 Å². The quantitative estimate of drug-likeness (QED) is 0.884. The zero-order valence-corrected chi connectivity index (χ0v) is 14.7. The molecule has 0 radical (unpaired) electrons. The highest BCUT2D eigenvalue weighted by Gasteiger charge is 2.33. The molecule has 0 saturated carbocycles. The van der Waals surface area contributed by atoms with Gasteiger partial charge in [0.15, 0.2) is 17.5 Å². The molecular weight excluding hydrogens is 358 g/mol. The Morgan fingerprint density at radius 1 is 1.08 bits per heavy atom. The predicted molar refractivity (Wildman–Crippen MR) is 94.0 cm³/mol. The van der Waals surface area contributed by atoms with Crippen molar-refractivity contribution in [1.82, 2.24) is 4.90 Å². The molecule has 1 saturated heterocycles. The van der Waals surface area contributed by atoms with Gasteiger partial charge in [0.1, 0.15) is 13.2 Å². The first-order valence-electron chi connectivity index (χ1n) is 8.25. The molecule has 8 heteroatoms. The van der Waals surface area contributed by atoms with Gasteiger partial charge in [-0.15, -0.1) is 11.3 Å². The van der Waals surface area contributed by atoms with E-state index in [9.17, 15) is 14.7 Å². The summed E-state index contributed by atoms with van der Waals surface area (Å²) in [6, 6.07) is 8.31. The maximum absolute atomic E-state index is 12.8. The number of carboxylic acids is 1. The molecule has 1 fully saturated rings. The van der Waals surface area contributed by atoms with E-state index in [0.29, 0.717) is 36.2 Å². The second-order valence-electron chi connectivity index (χ2n) is 5.95. The lowest BCUT2D eigenvalue weighted by Crippen LogP contribution is -2.52. The summed E-state index contributed by atoms with van der Waals surface area (Å²) in [5.41, 5.74) is 0.926. The van der Waals surface area contributed by atoms with Crippen LogP contribution in [0.25, 0.3) is 10.4 Å². The summed E-state index contributed by atoms with van der Waals surface area (Å²) in [7, 11) is 0. The number of rotatable bonds is 3. The van der Waals surface area contributed by atoms with Gasteiger partial charge in [-0.3, -0.25) is 4.79 Å². The average Bonchev–Trinajstić information content (AvgIpc) is 3.17. The van der Waals surface area contributed by atoms with Crippen LogP contribution in [0.2, 0.25) is 0 Å². The number of benzene rings is 1. The van der Waals surface area contributed by atoms with Crippen molar-refractivity contribution in [3.63, 3.8) is 0 Å². The summed E-state index contributed by atoms with van der Waals surface area (Å²) in [5, 5.41) is 9.30. The number of aliphatic carboxylic acids is 1. The first kappa shape index (κ1) is 16.9. The van der Waals surface area contributed by atoms with Crippen LogP contribution in [0.3, 0.4) is 0 Å². The Morgan fingerprint density at radius 2 is 1.88 bits per heavy atom. The molecular formula is C18H17NO6S. The van der Waals surface area contributed by atoms with Gasteiger partial charge >= 0.3 is 5.97 Å². The third-order valence-electron chi connectivity index (χ3n) is 4.32. The van der Waals surface area contributed by atoms with E-state index in [1.807, 2.05) is 24.3 Å². The maximum Gasteiger partial charge on any atom is 0.328 e. The molecule has 2 aliphatic heterocycles. The standard InChI is InChI=1S/C18H17NO6S/c20-17(19-5-6-23-10-12(19)18(21)22)16-4-3-15(26-16)11-1-2-13-14(9-11)25-8-7-24-13/h1-4,9,12H,5-8,10H2,(H,21,22). The number of amides is 1. The fraction of sp³-hybridized carbons (Fsp3) is 0.333. The Balaban J connectivity index is 1.57. The molecule has 1 aromatic heterocycles. The van der Waals surface area contributed by atoms with Gasteiger partial charge in [-0.2, -0.15) is 0 Å². The SMILES string of the molecule is O=C(O)C1COCCN1C(=O)c1ccc(-c2ccc3c(c2)OCCO3)s1. The number of carbonyl (C=O) groups is 2. The molecule has 136 valence electrons. The third-order valence-corrected chi connectivity index (χ3v) is 5.44. The number of hydrogen-bond donors (Lipinski definition) is 1. The molecule has 4 rings (SSSR count). The fourth-order valence-electron chi connectivity index (χ4n) is 3.00. The number of hydrogen-bond acceptors (Lipinski definition) is 6. The summed E-state index contributed by atoms with van der Waals surface area (Å²) in [6.07, 6.45) is 0. The van der Waals surface area contributed by atoms with Gasteiger partial charge in [0.05, 0.1) is 18.1 Å². The molecule has 0 aliphatic carbocycles. The molecule has 1 aromatic carbocycles. The van der Waals surface area contributed by atoms with Crippen LogP contribution in [0, 0.1) is 0 Å². The molecule has 2 aliphatic rings. The molecule has 1 N–H and O–H groups in total. The van der Waals surface area contributed by atoms with E-state index in [2.05, 4.69) is 0 Å². The molecule has 3 heterocycles. The Labute approximate surface area is 153 Å². The van der Waals surface area contributed by atoms with Crippen LogP contribution in [-0.2, 0) is 9.53 Å². The van der Waals surface area contributed by atoms with E-state index >= 15 is 0 Å². The Kier molecular flexibility index (Phi) is 4.52. The van der Waals surface area contributed by atoms with E-state index in [1.165, 1.54) is 16.2 Å². The zero-order chi connectivity index (χ0) is 18.1. The van der Waals surface area contributed by atoms with Crippen LogP contribution in [0.1, 0.15) is 9.67 Å². The van der Waals surface area contributed by atoms with Crippen LogP contribution >= 0.6 is 11.3 Å². The normalized spacial score (nSPS) is 19.2. The molecule has 26 heavy (non-hydrogen) atoms. The summed E-state index contributed by atoms with van der Waals surface area (Å²) in [5.74, 6) is 0.0655. The topological polar surface area (TPSA) is 85.3 Å². The lowest BCUT2D eigenvalue weighted by atomic mass is 10.1. The Hall–Kier alpha value is -2.58. The van der Waals surface area contributed by atoms with Gasteiger partial charge in [0.2, 0.25) is 0 Å². The van der Waals surface area contributed by atoms with E-state index < -0.39 is 12.0 Å². The number of ether oxygens (including phenoxy) is 3. The molecule has 1 unspecified atom stereocenters. The minimum Gasteiger partial charge on any atom is -0.486 e. The summed E-state index contributed by atoms with van der Waals surface area (Å²) in [6.45, 7) is 1.68. The third kappa shape index (κ3) is 3.13. The molecule has 0 bridgehead atoms. The van der Waals surface area contributed by atoms with E-state index in [0.717, 1.165) is 10.4 Å². The molecule has 1 amide bonds. The number of morpholine rings is 1. The lowest BCUT2D eigenvalue weighted by Gasteiger charge is -2.32. The van der Waals surface area contributed by atoms with Crippen LogP contribution in [0.15, 0.2) is 30.3 Å². The van der Waals surface area contributed by atoms with Crippen LogP contribution in [0.5, 0.6) is 11.5 Å². The van der Waals surface area contributed by atoms with Crippen molar-refractivity contribution >= 4 is 23.2 Å². The smallest absolute Gasteiger partial charge is 0.328 e. The maximum atomic E-state index is 12.8. The van der Waals surface area contributed by atoms with Gasteiger partial charge in [0.25, 0.3) is 5.91 Å². The van der Waals surface area contributed by atoms with Crippen molar-refractivity contribution in [3.05, 3.63) is 35.2 Å². The van der Waals surface area contributed by atoms with Crippen LogP contribution in [-0.4, -0.2) is 60.9 Å². The minimum atomic E-state index is -1.05. The van der Waals surface area contributed by atoms with Gasteiger partial charge in [-0.25, -0.2) is 4.79 Å². The van der Waals surface area contributed by atoms with Gasteiger partial charge in [0, 0.05) is 11.4 Å². The molecule has 0 spiro atoms. The molecule has 2 aromatic rings. The highest BCUT2D eigenvalue weighted by molar-refractivity contribution is 7.17. The second kappa shape index (κ2) is 6.97. The largest absolute Gasteiger partial charge is 0.486 e. The number of carbonyl (C=O) groups excluding carboxylic acids is 1. The summed E-state index contributed by atoms with van der Waals surface area (Å²) >= 11 is 1.33. The Bertz CT molecular complexity index is 848. The van der Waals surface area contributed by atoms with Crippen LogP contribution in [0.4, 0.5) is 0 Å². The van der Waals surface area contributed by atoms with Gasteiger partial charge in [-0.1, -0.05) is 0 Å². The zero-order valence-electron chi connectivity index (χ0n) is 13.8. The highest BCUT2D eigenvalue weighted by atomic mass is 32.1. The molecule has 1 atom stereocenters. The molecule has 7 nitrogen and oxygen atoms in total. The number of nitrogens with zero attached hydrogens (tertiary/aromatic N) is 1.